The number of hydrogen-bond acceptors (Lipinski definition) is 5. The SMILES string of the molecule is O=C(c1ccc2ccccc2n1)N1c2ccccc2N(C(=O)c2ccc3ccccc3n2)S1=O. The van der Waals surface area contributed by atoms with Crippen molar-refractivity contribution in [2.45, 2.75) is 0 Å². The molecule has 0 fully saturated rings. The number of benzene rings is 3. The number of carbonyl (C=O) groups is 2. The van der Waals surface area contributed by atoms with E-state index in [0.29, 0.717) is 22.4 Å². The zero-order chi connectivity index (χ0) is 23.2. The average Bonchev–Trinajstić information content (AvgIpc) is 3.18. The van der Waals surface area contributed by atoms with Crippen LogP contribution in [0.15, 0.2) is 97.1 Å². The third-order valence-electron chi connectivity index (χ3n) is 5.64. The van der Waals surface area contributed by atoms with Crippen molar-refractivity contribution in [1.82, 2.24) is 9.97 Å². The van der Waals surface area contributed by atoms with Gasteiger partial charge in [0.1, 0.15) is 11.4 Å². The van der Waals surface area contributed by atoms with Crippen LogP contribution >= 0.6 is 0 Å². The van der Waals surface area contributed by atoms with E-state index in [1.165, 1.54) is 0 Å². The lowest BCUT2D eigenvalue weighted by Gasteiger charge is -2.17. The second-order valence-corrected chi connectivity index (χ2v) is 8.89. The van der Waals surface area contributed by atoms with Gasteiger partial charge in [0.25, 0.3) is 11.8 Å². The molecule has 0 atom stereocenters. The van der Waals surface area contributed by atoms with Crippen molar-refractivity contribution < 1.29 is 13.8 Å². The van der Waals surface area contributed by atoms with Crippen molar-refractivity contribution >= 4 is 56.2 Å². The van der Waals surface area contributed by atoms with Gasteiger partial charge < -0.3 is 0 Å². The number of amides is 2. The molecular formula is C26H16N4O3S. The molecule has 5 aromatic rings. The zero-order valence-corrected chi connectivity index (χ0v) is 18.5. The number of fused-ring (bicyclic) bond motifs is 3. The average molecular weight is 465 g/mol. The molecule has 1 aliphatic heterocycles. The van der Waals surface area contributed by atoms with Gasteiger partial charge in [-0.1, -0.05) is 60.7 Å². The van der Waals surface area contributed by atoms with Crippen LogP contribution in [0.2, 0.25) is 0 Å². The van der Waals surface area contributed by atoms with Gasteiger partial charge in [-0.25, -0.2) is 22.8 Å². The van der Waals surface area contributed by atoms with Crippen LogP contribution < -0.4 is 8.61 Å². The molecule has 0 saturated heterocycles. The Labute approximate surface area is 197 Å². The molecule has 1 aliphatic rings. The molecule has 2 aromatic heterocycles. The summed E-state index contributed by atoms with van der Waals surface area (Å²) in [4.78, 5) is 35.8. The van der Waals surface area contributed by atoms with E-state index in [1.54, 1.807) is 48.5 Å². The normalized spacial score (nSPS) is 13.4. The van der Waals surface area contributed by atoms with Crippen molar-refractivity contribution in [1.29, 1.82) is 0 Å². The minimum atomic E-state index is -2.14. The van der Waals surface area contributed by atoms with E-state index in [-0.39, 0.29) is 11.4 Å². The molecule has 164 valence electrons. The summed E-state index contributed by atoms with van der Waals surface area (Å²) in [7, 11) is 0. The van der Waals surface area contributed by atoms with Crippen LogP contribution in [0.4, 0.5) is 11.4 Å². The van der Waals surface area contributed by atoms with Crippen molar-refractivity contribution in [3.05, 3.63) is 108 Å². The molecule has 0 saturated carbocycles. The van der Waals surface area contributed by atoms with Gasteiger partial charge >= 0.3 is 0 Å². The topological polar surface area (TPSA) is 83.5 Å². The predicted molar refractivity (Wildman–Crippen MR) is 132 cm³/mol. The Hall–Kier alpha value is -4.43. The molecule has 3 aromatic carbocycles. The summed E-state index contributed by atoms with van der Waals surface area (Å²) in [6, 6.07) is 28.4. The molecular weight excluding hydrogens is 448 g/mol. The molecule has 6 rings (SSSR count). The molecule has 2 amide bonds. The summed E-state index contributed by atoms with van der Waals surface area (Å²) in [5, 5.41) is 1.78. The van der Waals surface area contributed by atoms with Crippen LogP contribution in [-0.4, -0.2) is 26.0 Å². The van der Waals surface area contributed by atoms with Gasteiger partial charge in [0.2, 0.25) is 11.2 Å². The maximum Gasteiger partial charge on any atom is 0.290 e. The number of hydrogen-bond donors (Lipinski definition) is 0. The lowest BCUT2D eigenvalue weighted by atomic mass is 10.2. The summed E-state index contributed by atoms with van der Waals surface area (Å²) in [6.45, 7) is 0. The Bertz CT molecular complexity index is 1530. The largest absolute Gasteiger partial charge is 0.290 e. The number of rotatable bonds is 2. The van der Waals surface area contributed by atoms with Crippen molar-refractivity contribution in [2.75, 3.05) is 8.61 Å². The number of para-hydroxylation sites is 4. The van der Waals surface area contributed by atoms with E-state index in [1.807, 2.05) is 48.5 Å². The van der Waals surface area contributed by atoms with Gasteiger partial charge in [0, 0.05) is 10.8 Å². The highest BCUT2D eigenvalue weighted by Gasteiger charge is 2.42. The van der Waals surface area contributed by atoms with Gasteiger partial charge in [0.05, 0.1) is 22.4 Å². The Morgan fingerprint density at radius 3 is 1.44 bits per heavy atom. The number of anilines is 2. The first-order valence-electron chi connectivity index (χ1n) is 10.5. The third kappa shape index (κ3) is 3.15. The second-order valence-electron chi connectivity index (χ2n) is 7.70. The summed E-state index contributed by atoms with van der Waals surface area (Å²) in [5.74, 6) is -1.11. The first-order chi connectivity index (χ1) is 16.6. The Kier molecular flexibility index (Phi) is 4.67. The van der Waals surface area contributed by atoms with Crippen LogP contribution in [-0.2, 0) is 11.2 Å². The predicted octanol–water partition coefficient (Wildman–Crippen LogP) is 4.67. The van der Waals surface area contributed by atoms with Gasteiger partial charge in [-0.3, -0.25) is 9.59 Å². The fraction of sp³-hybridized carbons (Fsp3) is 0. The highest BCUT2D eigenvalue weighted by molar-refractivity contribution is 7.90. The summed E-state index contributed by atoms with van der Waals surface area (Å²) in [6.07, 6.45) is 0. The van der Waals surface area contributed by atoms with Crippen LogP contribution in [0.1, 0.15) is 21.0 Å². The maximum absolute atomic E-state index is 13.6. The zero-order valence-electron chi connectivity index (χ0n) is 17.7. The molecule has 0 unspecified atom stereocenters. The van der Waals surface area contributed by atoms with Crippen LogP contribution in [0.5, 0.6) is 0 Å². The second kappa shape index (κ2) is 7.86. The van der Waals surface area contributed by atoms with Gasteiger partial charge in [0.15, 0.2) is 0 Å². The van der Waals surface area contributed by atoms with Gasteiger partial charge in [-0.2, -0.15) is 0 Å². The summed E-state index contributed by atoms with van der Waals surface area (Å²) >= 11 is -2.14. The first kappa shape index (κ1) is 20.2. The van der Waals surface area contributed by atoms with Crippen LogP contribution in [0, 0.1) is 0 Å². The summed E-state index contributed by atoms with van der Waals surface area (Å²) in [5.41, 5.74) is 2.32. The van der Waals surface area contributed by atoms with E-state index >= 15 is 0 Å². The Balaban J connectivity index is 1.41. The monoisotopic (exact) mass is 464 g/mol. The summed E-state index contributed by atoms with van der Waals surface area (Å²) < 4.78 is 15.8. The Morgan fingerprint density at radius 2 is 0.971 bits per heavy atom. The molecule has 8 heteroatoms. The smallest absolute Gasteiger partial charge is 0.266 e. The standard InChI is InChI=1S/C26H16N4O3S/c31-25(21-15-13-17-7-1-3-9-19(17)27-21)29-23-11-5-6-12-24(23)30(34(29)33)26(32)22-16-14-18-8-2-4-10-20(18)28-22/h1-16H. The van der Waals surface area contributed by atoms with E-state index < -0.39 is 23.0 Å². The van der Waals surface area contributed by atoms with E-state index in [0.717, 1.165) is 19.4 Å². The molecule has 3 heterocycles. The van der Waals surface area contributed by atoms with E-state index in [9.17, 15) is 13.8 Å². The maximum atomic E-state index is 13.6. The number of carbonyl (C=O) groups excluding carboxylic acids is 2. The molecule has 0 spiro atoms. The fourth-order valence-electron chi connectivity index (χ4n) is 4.00. The lowest BCUT2D eigenvalue weighted by Crippen LogP contribution is -2.40. The molecule has 0 aliphatic carbocycles. The number of aromatic nitrogens is 2. The van der Waals surface area contributed by atoms with Crippen LogP contribution in [0.3, 0.4) is 0 Å². The van der Waals surface area contributed by atoms with Crippen molar-refractivity contribution in [3.8, 4) is 0 Å². The fourth-order valence-corrected chi connectivity index (χ4v) is 5.28. The molecule has 34 heavy (non-hydrogen) atoms. The number of pyridine rings is 2. The minimum absolute atomic E-state index is 0.139. The molecule has 0 bridgehead atoms. The lowest BCUT2D eigenvalue weighted by molar-refractivity contribution is 0.0999. The minimum Gasteiger partial charge on any atom is -0.266 e. The van der Waals surface area contributed by atoms with E-state index in [2.05, 4.69) is 9.97 Å². The molecule has 0 N–H and O–H groups in total. The highest BCUT2D eigenvalue weighted by atomic mass is 32.2. The Morgan fingerprint density at radius 1 is 0.559 bits per heavy atom. The quantitative estimate of drug-likeness (QED) is 0.379. The van der Waals surface area contributed by atoms with Gasteiger partial charge in [-0.15, -0.1) is 0 Å². The number of nitrogens with zero attached hydrogens (tertiary/aromatic N) is 4. The third-order valence-corrected chi connectivity index (χ3v) is 6.99. The van der Waals surface area contributed by atoms with E-state index in [4.69, 9.17) is 0 Å². The van der Waals surface area contributed by atoms with Crippen LogP contribution in [0.25, 0.3) is 21.8 Å². The molecule has 7 nitrogen and oxygen atoms in total. The molecule has 0 radical (unpaired) electrons. The highest BCUT2D eigenvalue weighted by Crippen LogP contribution is 2.40. The van der Waals surface area contributed by atoms with Gasteiger partial charge in [-0.05, 0) is 36.4 Å². The van der Waals surface area contributed by atoms with Crippen molar-refractivity contribution in [2.24, 2.45) is 0 Å². The first-order valence-corrected chi connectivity index (χ1v) is 11.6. The van der Waals surface area contributed by atoms with Crippen molar-refractivity contribution in [3.63, 3.8) is 0 Å².